The molecule has 1 aliphatic carbocycles. The number of nitrogens with zero attached hydrogens (tertiary/aromatic N) is 1. The highest BCUT2D eigenvalue weighted by Crippen LogP contribution is 2.28. The number of aliphatic hydroxyl groups is 1. The summed E-state index contributed by atoms with van der Waals surface area (Å²) in [5.74, 6) is 0.0334. The number of rotatable bonds is 4. The van der Waals surface area contributed by atoms with Gasteiger partial charge in [0.2, 0.25) is 0 Å². The zero-order valence-corrected chi connectivity index (χ0v) is 12.3. The highest BCUT2D eigenvalue weighted by molar-refractivity contribution is 5.96. The molecule has 5 nitrogen and oxygen atoms in total. The van der Waals surface area contributed by atoms with Gasteiger partial charge >= 0.3 is 0 Å². The second-order valence-electron chi connectivity index (χ2n) is 5.77. The van der Waals surface area contributed by atoms with E-state index >= 15 is 0 Å². The van der Waals surface area contributed by atoms with Crippen LogP contribution in [-0.4, -0.2) is 48.2 Å². The molecule has 0 atom stereocenters. The van der Waals surface area contributed by atoms with E-state index in [9.17, 15) is 9.90 Å². The highest BCUT2D eigenvalue weighted by Gasteiger charge is 2.27. The first-order valence-corrected chi connectivity index (χ1v) is 7.83. The fraction of sp³-hybridized carbons (Fsp3) is 0.562. The van der Waals surface area contributed by atoms with Gasteiger partial charge in [-0.15, -0.1) is 0 Å². The lowest BCUT2D eigenvalue weighted by molar-refractivity contribution is 0.0638. The Balaban J connectivity index is 1.81. The van der Waals surface area contributed by atoms with E-state index in [1.807, 2.05) is 23.1 Å². The summed E-state index contributed by atoms with van der Waals surface area (Å²) in [7, 11) is 0. The van der Waals surface area contributed by atoms with E-state index in [2.05, 4.69) is 10.6 Å². The molecule has 2 aliphatic rings. The van der Waals surface area contributed by atoms with Crippen LogP contribution in [0.25, 0.3) is 0 Å². The second-order valence-corrected chi connectivity index (χ2v) is 5.77. The van der Waals surface area contributed by atoms with Crippen LogP contribution in [0.15, 0.2) is 18.2 Å². The molecule has 114 valence electrons. The zero-order valence-electron chi connectivity index (χ0n) is 12.3. The summed E-state index contributed by atoms with van der Waals surface area (Å²) in [6, 6.07) is 6.04. The Hall–Kier alpha value is -1.75. The van der Waals surface area contributed by atoms with Crippen molar-refractivity contribution in [2.24, 2.45) is 0 Å². The first-order chi connectivity index (χ1) is 10.3. The SMILES string of the molecule is O=C(c1ccc2c(c1)NCCN2)N(CCO)C1CCCC1. The molecular weight excluding hydrogens is 266 g/mol. The second kappa shape index (κ2) is 6.35. The molecule has 21 heavy (non-hydrogen) atoms. The molecule has 0 bridgehead atoms. The maximum Gasteiger partial charge on any atom is 0.254 e. The number of nitrogens with one attached hydrogen (secondary N) is 2. The summed E-state index contributed by atoms with van der Waals surface area (Å²) < 4.78 is 0. The van der Waals surface area contributed by atoms with Gasteiger partial charge < -0.3 is 20.6 Å². The van der Waals surface area contributed by atoms with E-state index in [-0.39, 0.29) is 18.6 Å². The average Bonchev–Trinajstić information content (AvgIpc) is 3.05. The molecule has 0 radical (unpaired) electrons. The van der Waals surface area contributed by atoms with Crippen molar-refractivity contribution < 1.29 is 9.90 Å². The van der Waals surface area contributed by atoms with E-state index in [1.54, 1.807) is 0 Å². The molecule has 1 aliphatic heterocycles. The van der Waals surface area contributed by atoms with Crippen LogP contribution in [0.3, 0.4) is 0 Å². The van der Waals surface area contributed by atoms with Gasteiger partial charge in [-0.3, -0.25) is 4.79 Å². The van der Waals surface area contributed by atoms with E-state index in [4.69, 9.17) is 0 Å². The van der Waals surface area contributed by atoms with E-state index < -0.39 is 0 Å². The van der Waals surface area contributed by atoms with Crippen molar-refractivity contribution in [3.05, 3.63) is 23.8 Å². The van der Waals surface area contributed by atoms with Gasteiger partial charge in [0.15, 0.2) is 0 Å². The molecule has 0 saturated heterocycles. The summed E-state index contributed by atoms with van der Waals surface area (Å²) in [6.07, 6.45) is 4.46. The molecule has 1 aromatic rings. The topological polar surface area (TPSA) is 64.6 Å². The molecule has 5 heteroatoms. The standard InChI is InChI=1S/C16H23N3O2/c20-10-9-19(13-3-1-2-4-13)16(21)12-5-6-14-15(11-12)18-8-7-17-14/h5-6,11,13,17-18,20H,1-4,7-10H2. The quantitative estimate of drug-likeness (QED) is 0.792. The number of carbonyl (C=O) groups excluding carboxylic acids is 1. The number of anilines is 2. The number of hydrogen-bond acceptors (Lipinski definition) is 4. The molecule has 1 fully saturated rings. The predicted molar refractivity (Wildman–Crippen MR) is 83.8 cm³/mol. The minimum absolute atomic E-state index is 0.0208. The smallest absolute Gasteiger partial charge is 0.254 e. The number of amides is 1. The molecule has 3 N–H and O–H groups in total. The van der Waals surface area contributed by atoms with Crippen molar-refractivity contribution in [3.8, 4) is 0 Å². The molecule has 1 amide bonds. The zero-order chi connectivity index (χ0) is 14.7. The van der Waals surface area contributed by atoms with Gasteiger partial charge in [-0.2, -0.15) is 0 Å². The van der Waals surface area contributed by atoms with Gasteiger partial charge in [0.05, 0.1) is 18.0 Å². The Morgan fingerprint density at radius 3 is 2.62 bits per heavy atom. The van der Waals surface area contributed by atoms with Crippen molar-refractivity contribution in [1.82, 2.24) is 4.90 Å². The predicted octanol–water partition coefficient (Wildman–Crippen LogP) is 1.90. The molecule has 1 heterocycles. The Bertz CT molecular complexity index is 512. The van der Waals surface area contributed by atoms with Crippen LogP contribution in [0.4, 0.5) is 11.4 Å². The summed E-state index contributed by atoms with van der Waals surface area (Å²) >= 11 is 0. The lowest BCUT2D eigenvalue weighted by atomic mass is 10.1. The average molecular weight is 289 g/mol. The fourth-order valence-corrected chi connectivity index (χ4v) is 3.31. The third kappa shape index (κ3) is 2.97. The third-order valence-corrected chi connectivity index (χ3v) is 4.39. The van der Waals surface area contributed by atoms with Crippen LogP contribution in [0.1, 0.15) is 36.0 Å². The van der Waals surface area contributed by atoms with Crippen molar-refractivity contribution in [2.45, 2.75) is 31.7 Å². The van der Waals surface area contributed by atoms with Crippen LogP contribution < -0.4 is 10.6 Å². The molecule has 0 spiro atoms. The number of carbonyl (C=O) groups is 1. The first kappa shape index (κ1) is 14.2. The highest BCUT2D eigenvalue weighted by atomic mass is 16.3. The lowest BCUT2D eigenvalue weighted by Crippen LogP contribution is -2.40. The molecule has 3 rings (SSSR count). The van der Waals surface area contributed by atoms with Crippen LogP contribution in [-0.2, 0) is 0 Å². The number of benzene rings is 1. The summed E-state index contributed by atoms with van der Waals surface area (Å²) in [5, 5.41) is 15.9. The van der Waals surface area contributed by atoms with Crippen molar-refractivity contribution in [2.75, 3.05) is 36.9 Å². The van der Waals surface area contributed by atoms with Crippen molar-refractivity contribution >= 4 is 17.3 Å². The fourth-order valence-electron chi connectivity index (χ4n) is 3.31. The maximum absolute atomic E-state index is 12.8. The summed E-state index contributed by atoms with van der Waals surface area (Å²) in [5.41, 5.74) is 2.74. The van der Waals surface area contributed by atoms with Gasteiger partial charge in [-0.25, -0.2) is 0 Å². The molecule has 0 aromatic heterocycles. The summed E-state index contributed by atoms with van der Waals surface area (Å²) in [4.78, 5) is 14.6. The Labute approximate surface area is 125 Å². The van der Waals surface area contributed by atoms with Crippen molar-refractivity contribution in [1.29, 1.82) is 0 Å². The number of hydrogen-bond donors (Lipinski definition) is 3. The van der Waals surface area contributed by atoms with Crippen molar-refractivity contribution in [3.63, 3.8) is 0 Å². The van der Waals surface area contributed by atoms with Crippen LogP contribution in [0, 0.1) is 0 Å². The van der Waals surface area contributed by atoms with Gasteiger partial charge in [0.1, 0.15) is 0 Å². The maximum atomic E-state index is 12.8. The molecule has 1 aromatic carbocycles. The molecular formula is C16H23N3O2. The minimum atomic E-state index is 0.0208. The van der Waals surface area contributed by atoms with Crippen LogP contribution in [0.2, 0.25) is 0 Å². The van der Waals surface area contributed by atoms with Gasteiger partial charge in [0, 0.05) is 31.2 Å². The summed E-state index contributed by atoms with van der Waals surface area (Å²) in [6.45, 7) is 2.21. The van der Waals surface area contributed by atoms with Crippen LogP contribution in [0.5, 0.6) is 0 Å². The van der Waals surface area contributed by atoms with Gasteiger partial charge in [0.25, 0.3) is 5.91 Å². The van der Waals surface area contributed by atoms with Gasteiger partial charge in [-0.1, -0.05) is 12.8 Å². The van der Waals surface area contributed by atoms with E-state index in [1.165, 1.54) is 12.8 Å². The minimum Gasteiger partial charge on any atom is -0.395 e. The number of fused-ring (bicyclic) bond motifs is 1. The number of aliphatic hydroxyl groups excluding tert-OH is 1. The molecule has 1 saturated carbocycles. The monoisotopic (exact) mass is 289 g/mol. The molecule has 0 unspecified atom stereocenters. The normalized spacial score (nSPS) is 17.8. The van der Waals surface area contributed by atoms with Crippen LogP contribution >= 0.6 is 0 Å². The van der Waals surface area contributed by atoms with Gasteiger partial charge in [-0.05, 0) is 31.0 Å². The van der Waals surface area contributed by atoms with E-state index in [0.29, 0.717) is 12.1 Å². The van der Waals surface area contributed by atoms with E-state index in [0.717, 1.165) is 37.3 Å². The Kier molecular flexibility index (Phi) is 4.29. The largest absolute Gasteiger partial charge is 0.395 e. The Morgan fingerprint density at radius 1 is 1.19 bits per heavy atom. The Morgan fingerprint density at radius 2 is 1.90 bits per heavy atom. The first-order valence-electron chi connectivity index (χ1n) is 7.83. The lowest BCUT2D eigenvalue weighted by Gasteiger charge is -2.29. The third-order valence-electron chi connectivity index (χ3n) is 4.39.